The molecule has 0 saturated heterocycles. The standard InChI is InChI=1S/C14H15N7O/c1-20-8-9(5-17-20)13-10(6-15-19-13)14(22)21-4-2-3-11-12(21)7-16-18-11/h5-8H,2-4H2,1H3,(H,15,19)(H,16,18). The fourth-order valence-corrected chi connectivity index (χ4v) is 2.83. The highest BCUT2D eigenvalue weighted by molar-refractivity contribution is 6.09. The SMILES string of the molecule is Cn1cc(-c2[nH]ncc2C(=O)N2CCCc3[nH]ncc32)cn1. The first kappa shape index (κ1) is 12.8. The van der Waals surface area contributed by atoms with Crippen LogP contribution in [0.3, 0.4) is 0 Å². The summed E-state index contributed by atoms with van der Waals surface area (Å²) in [6, 6.07) is 0. The average molecular weight is 297 g/mol. The number of aryl methyl sites for hydroxylation is 2. The van der Waals surface area contributed by atoms with Crippen LogP contribution < -0.4 is 4.90 Å². The summed E-state index contributed by atoms with van der Waals surface area (Å²) in [5.74, 6) is -0.0741. The summed E-state index contributed by atoms with van der Waals surface area (Å²) in [6.45, 7) is 0.684. The highest BCUT2D eigenvalue weighted by Crippen LogP contribution is 2.28. The van der Waals surface area contributed by atoms with E-state index in [0.717, 1.165) is 29.8 Å². The minimum Gasteiger partial charge on any atom is -0.305 e. The van der Waals surface area contributed by atoms with E-state index in [4.69, 9.17) is 0 Å². The highest BCUT2D eigenvalue weighted by Gasteiger charge is 2.27. The first-order valence-corrected chi connectivity index (χ1v) is 7.10. The van der Waals surface area contributed by atoms with Gasteiger partial charge < -0.3 is 4.90 Å². The molecule has 3 aromatic rings. The van der Waals surface area contributed by atoms with Gasteiger partial charge in [0.1, 0.15) is 0 Å². The van der Waals surface area contributed by atoms with Crippen molar-refractivity contribution in [3.8, 4) is 11.3 Å². The van der Waals surface area contributed by atoms with Gasteiger partial charge in [0.25, 0.3) is 5.91 Å². The van der Waals surface area contributed by atoms with Crippen molar-refractivity contribution in [2.45, 2.75) is 12.8 Å². The Kier molecular flexibility index (Phi) is 2.81. The summed E-state index contributed by atoms with van der Waals surface area (Å²) in [6.07, 6.45) is 8.67. The monoisotopic (exact) mass is 297 g/mol. The average Bonchev–Trinajstić information content (AvgIpc) is 3.25. The molecule has 4 rings (SSSR count). The molecule has 0 aromatic carbocycles. The summed E-state index contributed by atoms with van der Waals surface area (Å²) in [7, 11) is 1.84. The fraction of sp³-hybridized carbons (Fsp3) is 0.286. The Labute approximate surface area is 126 Å². The van der Waals surface area contributed by atoms with E-state index in [1.807, 2.05) is 13.2 Å². The van der Waals surface area contributed by atoms with Gasteiger partial charge in [-0.2, -0.15) is 15.3 Å². The molecule has 0 radical (unpaired) electrons. The molecule has 0 atom stereocenters. The van der Waals surface area contributed by atoms with Crippen molar-refractivity contribution in [3.05, 3.63) is 36.0 Å². The third-order valence-electron chi connectivity index (χ3n) is 3.90. The van der Waals surface area contributed by atoms with Gasteiger partial charge in [-0.25, -0.2) is 0 Å². The molecular weight excluding hydrogens is 282 g/mol. The van der Waals surface area contributed by atoms with Crippen LogP contribution in [0.25, 0.3) is 11.3 Å². The Morgan fingerprint density at radius 1 is 1.23 bits per heavy atom. The number of amides is 1. The lowest BCUT2D eigenvalue weighted by molar-refractivity contribution is 0.0986. The number of rotatable bonds is 2. The van der Waals surface area contributed by atoms with Gasteiger partial charge in [0.05, 0.1) is 41.2 Å². The van der Waals surface area contributed by atoms with Gasteiger partial charge >= 0.3 is 0 Å². The maximum atomic E-state index is 12.9. The number of anilines is 1. The zero-order valence-electron chi connectivity index (χ0n) is 12.1. The molecule has 0 spiro atoms. The Hall–Kier alpha value is -2.90. The van der Waals surface area contributed by atoms with E-state index in [2.05, 4.69) is 25.5 Å². The third-order valence-corrected chi connectivity index (χ3v) is 3.90. The van der Waals surface area contributed by atoms with Crippen LogP contribution in [0.5, 0.6) is 0 Å². The molecule has 4 heterocycles. The lowest BCUT2D eigenvalue weighted by Crippen LogP contribution is -2.35. The van der Waals surface area contributed by atoms with E-state index < -0.39 is 0 Å². The van der Waals surface area contributed by atoms with Gasteiger partial charge in [-0.05, 0) is 12.8 Å². The molecule has 0 bridgehead atoms. The Morgan fingerprint density at radius 2 is 2.09 bits per heavy atom. The van der Waals surface area contributed by atoms with E-state index in [1.165, 1.54) is 0 Å². The van der Waals surface area contributed by atoms with E-state index in [9.17, 15) is 4.79 Å². The molecule has 112 valence electrons. The van der Waals surface area contributed by atoms with Gasteiger partial charge in [-0.1, -0.05) is 0 Å². The summed E-state index contributed by atoms with van der Waals surface area (Å²) >= 11 is 0. The summed E-state index contributed by atoms with van der Waals surface area (Å²) in [5, 5.41) is 18.1. The van der Waals surface area contributed by atoms with Crippen molar-refractivity contribution in [2.24, 2.45) is 7.05 Å². The molecular formula is C14H15N7O. The molecule has 1 aliphatic heterocycles. The Morgan fingerprint density at radius 3 is 2.91 bits per heavy atom. The second-order valence-electron chi connectivity index (χ2n) is 5.36. The molecule has 1 amide bonds. The minimum absolute atomic E-state index is 0.0741. The largest absolute Gasteiger partial charge is 0.305 e. The summed E-state index contributed by atoms with van der Waals surface area (Å²) < 4.78 is 1.69. The molecule has 22 heavy (non-hydrogen) atoms. The van der Waals surface area contributed by atoms with Crippen LogP contribution in [0, 0.1) is 0 Å². The number of aromatic amines is 2. The van der Waals surface area contributed by atoms with Crippen molar-refractivity contribution in [1.82, 2.24) is 30.2 Å². The number of carbonyl (C=O) groups excluding carboxylic acids is 1. The van der Waals surface area contributed by atoms with Crippen LogP contribution in [0.4, 0.5) is 5.69 Å². The van der Waals surface area contributed by atoms with E-state index in [-0.39, 0.29) is 5.91 Å². The number of carbonyl (C=O) groups is 1. The number of H-pyrrole nitrogens is 2. The summed E-state index contributed by atoms with van der Waals surface area (Å²) in [5.41, 5.74) is 3.93. The van der Waals surface area contributed by atoms with Gasteiger partial charge in [0.2, 0.25) is 0 Å². The fourth-order valence-electron chi connectivity index (χ4n) is 2.83. The number of nitrogens with zero attached hydrogens (tertiary/aromatic N) is 5. The lowest BCUT2D eigenvalue weighted by Gasteiger charge is -2.26. The van der Waals surface area contributed by atoms with Gasteiger partial charge in [-0.3, -0.25) is 19.7 Å². The first-order chi connectivity index (χ1) is 10.7. The van der Waals surface area contributed by atoms with Crippen LogP contribution >= 0.6 is 0 Å². The molecule has 1 aliphatic rings. The van der Waals surface area contributed by atoms with E-state index in [0.29, 0.717) is 17.8 Å². The second-order valence-corrected chi connectivity index (χ2v) is 5.36. The molecule has 8 heteroatoms. The normalized spacial score (nSPS) is 14.1. The Balaban J connectivity index is 1.72. The lowest BCUT2D eigenvalue weighted by atomic mass is 10.1. The van der Waals surface area contributed by atoms with Gasteiger partial charge in [0.15, 0.2) is 0 Å². The number of aromatic nitrogens is 6. The molecule has 0 unspecified atom stereocenters. The second kappa shape index (κ2) is 4.83. The maximum Gasteiger partial charge on any atom is 0.262 e. The van der Waals surface area contributed by atoms with Crippen LogP contribution in [-0.4, -0.2) is 42.6 Å². The Bertz CT molecular complexity index is 828. The van der Waals surface area contributed by atoms with Crippen molar-refractivity contribution in [3.63, 3.8) is 0 Å². The van der Waals surface area contributed by atoms with Crippen molar-refractivity contribution < 1.29 is 4.79 Å². The third kappa shape index (κ3) is 1.92. The van der Waals surface area contributed by atoms with Crippen LogP contribution in [0.15, 0.2) is 24.8 Å². The molecule has 2 N–H and O–H groups in total. The zero-order valence-corrected chi connectivity index (χ0v) is 12.1. The molecule has 8 nitrogen and oxygen atoms in total. The van der Waals surface area contributed by atoms with Gasteiger partial charge in [-0.15, -0.1) is 0 Å². The van der Waals surface area contributed by atoms with Crippen molar-refractivity contribution in [2.75, 3.05) is 11.4 Å². The summed E-state index contributed by atoms with van der Waals surface area (Å²) in [4.78, 5) is 14.7. The van der Waals surface area contributed by atoms with Crippen LogP contribution in [-0.2, 0) is 13.5 Å². The topological polar surface area (TPSA) is 95.5 Å². The predicted molar refractivity (Wildman–Crippen MR) is 79.4 cm³/mol. The first-order valence-electron chi connectivity index (χ1n) is 7.10. The van der Waals surface area contributed by atoms with E-state index >= 15 is 0 Å². The smallest absolute Gasteiger partial charge is 0.262 e. The molecule has 3 aromatic heterocycles. The van der Waals surface area contributed by atoms with Crippen LogP contribution in [0.2, 0.25) is 0 Å². The number of fused-ring (bicyclic) bond motifs is 1. The zero-order chi connectivity index (χ0) is 15.1. The minimum atomic E-state index is -0.0741. The predicted octanol–water partition coefficient (Wildman–Crippen LogP) is 1.13. The quantitative estimate of drug-likeness (QED) is 0.741. The van der Waals surface area contributed by atoms with Crippen molar-refractivity contribution >= 4 is 11.6 Å². The molecule has 0 aliphatic carbocycles. The van der Waals surface area contributed by atoms with Crippen LogP contribution in [0.1, 0.15) is 22.5 Å². The molecule has 0 saturated carbocycles. The van der Waals surface area contributed by atoms with E-state index in [1.54, 1.807) is 28.2 Å². The number of hydrogen-bond acceptors (Lipinski definition) is 4. The maximum absolute atomic E-state index is 12.9. The highest BCUT2D eigenvalue weighted by atomic mass is 16.2. The van der Waals surface area contributed by atoms with Gasteiger partial charge in [0, 0.05) is 25.4 Å². The number of hydrogen-bond donors (Lipinski definition) is 2. The van der Waals surface area contributed by atoms with Crippen molar-refractivity contribution in [1.29, 1.82) is 0 Å². The number of nitrogens with one attached hydrogen (secondary N) is 2. The molecule has 0 fully saturated rings.